The van der Waals surface area contributed by atoms with Crippen molar-refractivity contribution in [2.24, 2.45) is 0 Å². The van der Waals surface area contributed by atoms with Gasteiger partial charge in [0.2, 0.25) is 17.8 Å². The van der Waals surface area contributed by atoms with E-state index in [1.54, 1.807) is 0 Å². The standard InChI is InChI=1S/C31H35ClN10S/c1-20-25-26(21-9-8-10-22(32)19-21)34-31(43)35-27(25)42(39-20)24-13-11-23(12-14-24)33-28-36-29(40-15-4-2-5-16-40)38-30(37-28)41-17-6-3-7-18-41/h8-14,19,26H,2-7,15-18H2,1H3,(H2,34,35,43)(H,33,36,37,38). The Morgan fingerprint density at radius 2 is 1.51 bits per heavy atom. The Bertz CT molecular complexity index is 1590. The summed E-state index contributed by atoms with van der Waals surface area (Å²) in [6, 6.07) is 15.8. The summed E-state index contributed by atoms with van der Waals surface area (Å²) in [5, 5.41) is 16.3. The number of aryl methyl sites for hydroxylation is 1. The van der Waals surface area contributed by atoms with Gasteiger partial charge < -0.3 is 25.8 Å². The van der Waals surface area contributed by atoms with Gasteiger partial charge in [0.05, 0.1) is 17.4 Å². The maximum Gasteiger partial charge on any atom is 0.233 e. The Balaban J connectivity index is 1.17. The van der Waals surface area contributed by atoms with E-state index in [1.165, 1.54) is 38.5 Å². The van der Waals surface area contributed by atoms with Gasteiger partial charge in [0, 0.05) is 42.5 Å². The number of nitrogens with one attached hydrogen (secondary N) is 3. The van der Waals surface area contributed by atoms with Crippen LogP contribution in [0.3, 0.4) is 0 Å². The molecule has 43 heavy (non-hydrogen) atoms. The van der Waals surface area contributed by atoms with Crippen LogP contribution in [0.25, 0.3) is 5.69 Å². The highest BCUT2D eigenvalue weighted by Gasteiger charge is 2.31. The molecule has 2 aromatic carbocycles. The topological polar surface area (TPSA) is 99.1 Å². The number of rotatable bonds is 6. The number of fused-ring (bicyclic) bond motifs is 1. The summed E-state index contributed by atoms with van der Waals surface area (Å²) >= 11 is 11.9. The molecule has 3 aliphatic heterocycles. The molecule has 0 radical (unpaired) electrons. The highest BCUT2D eigenvalue weighted by molar-refractivity contribution is 7.80. The van der Waals surface area contributed by atoms with E-state index in [0.717, 1.165) is 72.1 Å². The molecule has 0 bridgehead atoms. The van der Waals surface area contributed by atoms with E-state index in [-0.39, 0.29) is 6.04 Å². The Kier molecular flexibility index (Phi) is 7.75. The van der Waals surface area contributed by atoms with Gasteiger partial charge in [-0.2, -0.15) is 20.1 Å². The van der Waals surface area contributed by atoms with Gasteiger partial charge in [-0.1, -0.05) is 23.7 Å². The van der Waals surface area contributed by atoms with Crippen molar-refractivity contribution in [1.82, 2.24) is 30.0 Å². The van der Waals surface area contributed by atoms with Gasteiger partial charge in [-0.25, -0.2) is 4.68 Å². The molecule has 0 amide bonds. The molecule has 222 valence electrons. The molecular formula is C31H35ClN10S. The lowest BCUT2D eigenvalue weighted by Gasteiger charge is -2.30. The van der Waals surface area contributed by atoms with Gasteiger partial charge in [0.15, 0.2) is 5.11 Å². The molecule has 0 saturated carbocycles. The van der Waals surface area contributed by atoms with Crippen LogP contribution in [-0.2, 0) is 0 Å². The van der Waals surface area contributed by atoms with Crippen LogP contribution in [0.1, 0.15) is 61.4 Å². The van der Waals surface area contributed by atoms with Crippen LogP contribution in [0.2, 0.25) is 5.02 Å². The number of piperidine rings is 2. The summed E-state index contributed by atoms with van der Waals surface area (Å²) < 4.78 is 1.91. The normalized spacial score (nSPS) is 18.6. The molecule has 1 atom stereocenters. The lowest BCUT2D eigenvalue weighted by atomic mass is 9.97. The summed E-state index contributed by atoms with van der Waals surface area (Å²) in [5.74, 6) is 2.94. The number of halogens is 1. The van der Waals surface area contributed by atoms with Gasteiger partial charge in [0.25, 0.3) is 0 Å². The summed E-state index contributed by atoms with van der Waals surface area (Å²) in [6.45, 7) is 5.95. The average Bonchev–Trinajstić information content (AvgIpc) is 3.37. The minimum Gasteiger partial charge on any atom is -0.351 e. The number of anilines is 5. The largest absolute Gasteiger partial charge is 0.351 e. The second kappa shape index (κ2) is 12.0. The van der Waals surface area contributed by atoms with Crippen molar-refractivity contribution >= 4 is 58.3 Å². The van der Waals surface area contributed by atoms with E-state index in [1.807, 2.05) is 60.1 Å². The molecule has 0 aliphatic carbocycles. The van der Waals surface area contributed by atoms with Crippen LogP contribution in [0.4, 0.5) is 29.4 Å². The number of hydrogen-bond acceptors (Lipinski definition) is 8. The first kappa shape index (κ1) is 27.8. The number of nitrogens with zero attached hydrogens (tertiary/aromatic N) is 7. The zero-order chi connectivity index (χ0) is 29.3. The molecule has 12 heteroatoms. The summed E-state index contributed by atoms with van der Waals surface area (Å²) in [5.41, 5.74) is 4.79. The number of hydrogen-bond donors (Lipinski definition) is 3. The minimum atomic E-state index is -0.149. The van der Waals surface area contributed by atoms with Crippen molar-refractivity contribution in [2.75, 3.05) is 46.6 Å². The fourth-order valence-corrected chi connectivity index (χ4v) is 6.58. The lowest BCUT2D eigenvalue weighted by molar-refractivity contribution is 0.556. The molecular weight excluding hydrogens is 580 g/mol. The van der Waals surface area contributed by atoms with Gasteiger partial charge in [0.1, 0.15) is 5.82 Å². The maximum atomic E-state index is 6.32. The second-order valence-corrected chi connectivity index (χ2v) is 12.2. The van der Waals surface area contributed by atoms with E-state index in [0.29, 0.717) is 16.1 Å². The first-order valence-electron chi connectivity index (χ1n) is 15.1. The van der Waals surface area contributed by atoms with Crippen molar-refractivity contribution in [3.8, 4) is 5.69 Å². The number of aromatic nitrogens is 5. The predicted molar refractivity (Wildman–Crippen MR) is 176 cm³/mol. The van der Waals surface area contributed by atoms with Crippen molar-refractivity contribution in [3.05, 3.63) is 70.4 Å². The monoisotopic (exact) mass is 614 g/mol. The Labute approximate surface area is 261 Å². The highest BCUT2D eigenvalue weighted by atomic mass is 35.5. The molecule has 3 aliphatic rings. The van der Waals surface area contributed by atoms with Crippen LogP contribution in [0.15, 0.2) is 48.5 Å². The molecule has 1 unspecified atom stereocenters. The number of thiocarbonyl (C=S) groups is 1. The molecule has 4 aromatic rings. The van der Waals surface area contributed by atoms with Gasteiger partial charge >= 0.3 is 0 Å². The summed E-state index contributed by atoms with van der Waals surface area (Å²) in [7, 11) is 0. The fraction of sp³-hybridized carbons (Fsp3) is 0.387. The van der Waals surface area contributed by atoms with E-state index >= 15 is 0 Å². The smallest absolute Gasteiger partial charge is 0.233 e. The SMILES string of the molecule is Cc1nn(-c2ccc(Nc3nc(N4CCCCC4)nc(N4CCCCC4)n3)cc2)c2c1C(c1cccc(Cl)c1)NC(=S)N2. The third kappa shape index (κ3) is 5.83. The Hall–Kier alpha value is -3.96. The second-order valence-electron chi connectivity index (χ2n) is 11.4. The summed E-state index contributed by atoms with van der Waals surface area (Å²) in [6.07, 6.45) is 7.19. The van der Waals surface area contributed by atoms with Gasteiger partial charge in [-0.3, -0.25) is 0 Å². The average molecular weight is 615 g/mol. The van der Waals surface area contributed by atoms with Crippen LogP contribution < -0.4 is 25.8 Å². The van der Waals surface area contributed by atoms with Crippen LogP contribution in [0, 0.1) is 6.92 Å². The van der Waals surface area contributed by atoms with Crippen LogP contribution in [0.5, 0.6) is 0 Å². The predicted octanol–water partition coefficient (Wildman–Crippen LogP) is 6.13. The van der Waals surface area contributed by atoms with Crippen molar-refractivity contribution in [3.63, 3.8) is 0 Å². The van der Waals surface area contributed by atoms with E-state index in [9.17, 15) is 0 Å². The summed E-state index contributed by atoms with van der Waals surface area (Å²) in [4.78, 5) is 19.2. The maximum absolute atomic E-state index is 6.32. The van der Waals surface area contributed by atoms with Crippen molar-refractivity contribution in [2.45, 2.75) is 51.5 Å². The zero-order valence-corrected chi connectivity index (χ0v) is 25.8. The lowest BCUT2D eigenvalue weighted by Crippen LogP contribution is -2.38. The van der Waals surface area contributed by atoms with Crippen molar-refractivity contribution < 1.29 is 0 Å². The molecule has 5 heterocycles. The van der Waals surface area contributed by atoms with Gasteiger partial charge in [-0.05, 0) is 99.6 Å². The quantitative estimate of drug-likeness (QED) is 0.220. The van der Waals surface area contributed by atoms with Crippen LogP contribution in [-0.4, -0.2) is 56.0 Å². The molecule has 2 saturated heterocycles. The molecule has 2 aromatic heterocycles. The van der Waals surface area contributed by atoms with Crippen molar-refractivity contribution in [1.29, 1.82) is 0 Å². The van der Waals surface area contributed by atoms with Crippen LogP contribution >= 0.6 is 23.8 Å². The van der Waals surface area contributed by atoms with Gasteiger partial charge in [-0.15, -0.1) is 0 Å². The first-order chi connectivity index (χ1) is 21.0. The number of benzene rings is 2. The fourth-order valence-electron chi connectivity index (χ4n) is 6.17. The molecule has 7 rings (SSSR count). The van der Waals surface area contributed by atoms with E-state index < -0.39 is 0 Å². The molecule has 2 fully saturated rings. The zero-order valence-electron chi connectivity index (χ0n) is 24.2. The Morgan fingerprint density at radius 1 is 0.860 bits per heavy atom. The highest BCUT2D eigenvalue weighted by Crippen LogP contribution is 2.37. The first-order valence-corrected chi connectivity index (χ1v) is 15.9. The molecule has 3 N–H and O–H groups in total. The third-order valence-electron chi connectivity index (χ3n) is 8.34. The Morgan fingerprint density at radius 3 is 2.14 bits per heavy atom. The third-order valence-corrected chi connectivity index (χ3v) is 8.80. The van der Waals surface area contributed by atoms with E-state index in [4.69, 9.17) is 43.9 Å². The molecule has 10 nitrogen and oxygen atoms in total. The molecule has 0 spiro atoms. The minimum absolute atomic E-state index is 0.149. The van der Waals surface area contributed by atoms with E-state index in [2.05, 4.69) is 25.8 Å².